The third-order valence-corrected chi connectivity index (χ3v) is 2.18. The van der Waals surface area contributed by atoms with Crippen molar-refractivity contribution >= 4 is 0 Å². The summed E-state index contributed by atoms with van der Waals surface area (Å²) in [5, 5.41) is 2.93. The number of aryl methyl sites for hydroxylation is 1. The first-order valence-electron chi connectivity index (χ1n) is 5.41. The molecular formula is C12H16F3NO. The molecule has 0 heterocycles. The lowest BCUT2D eigenvalue weighted by Crippen LogP contribution is -2.21. The molecule has 5 heteroatoms. The maximum absolute atomic E-state index is 13.3. The molecule has 0 fully saturated rings. The summed E-state index contributed by atoms with van der Waals surface area (Å²) in [6.45, 7) is 2.30. The number of nitrogens with one attached hydrogen (secondary N) is 1. The Morgan fingerprint density at radius 3 is 2.82 bits per heavy atom. The minimum Gasteiger partial charge on any atom is -0.374 e. The van der Waals surface area contributed by atoms with Gasteiger partial charge in [0, 0.05) is 18.7 Å². The molecule has 0 saturated carbocycles. The fourth-order valence-electron chi connectivity index (χ4n) is 1.38. The molecule has 0 atom stereocenters. The van der Waals surface area contributed by atoms with E-state index in [1.54, 1.807) is 12.1 Å². The summed E-state index contributed by atoms with van der Waals surface area (Å²) in [5.74, 6) is -0.267. The second-order valence-corrected chi connectivity index (χ2v) is 3.74. The van der Waals surface area contributed by atoms with Crippen molar-refractivity contribution in [3.05, 3.63) is 35.1 Å². The van der Waals surface area contributed by atoms with Gasteiger partial charge in [0.1, 0.15) is 12.4 Å². The second kappa shape index (κ2) is 7.29. The highest BCUT2D eigenvalue weighted by atomic mass is 19.3. The summed E-state index contributed by atoms with van der Waals surface area (Å²) < 4.78 is 41.4. The Balaban J connectivity index is 2.20. The molecule has 0 aliphatic carbocycles. The van der Waals surface area contributed by atoms with Gasteiger partial charge in [0.25, 0.3) is 6.43 Å². The van der Waals surface area contributed by atoms with Crippen LogP contribution in [-0.4, -0.2) is 26.2 Å². The fourth-order valence-corrected chi connectivity index (χ4v) is 1.38. The highest BCUT2D eigenvalue weighted by Gasteiger charge is 2.03. The number of halogens is 3. The minimum absolute atomic E-state index is 0.192. The maximum Gasteiger partial charge on any atom is 0.261 e. The van der Waals surface area contributed by atoms with E-state index >= 15 is 0 Å². The van der Waals surface area contributed by atoms with Gasteiger partial charge in [0.15, 0.2) is 0 Å². The molecule has 0 spiro atoms. The Labute approximate surface area is 98.8 Å². The van der Waals surface area contributed by atoms with Crippen LogP contribution in [0.2, 0.25) is 0 Å². The number of benzene rings is 1. The van der Waals surface area contributed by atoms with Crippen molar-refractivity contribution in [2.24, 2.45) is 0 Å². The van der Waals surface area contributed by atoms with Crippen LogP contribution in [0.25, 0.3) is 0 Å². The van der Waals surface area contributed by atoms with Crippen LogP contribution in [0.1, 0.15) is 11.1 Å². The summed E-state index contributed by atoms with van der Waals surface area (Å²) in [6.07, 6.45) is -2.44. The standard InChI is InChI=1S/C12H16F3NO/c1-9-2-3-11(13)10(6-9)7-16-4-5-17-8-12(14)15/h2-3,6,12,16H,4-5,7-8H2,1H3. The molecule has 0 bridgehead atoms. The third kappa shape index (κ3) is 5.70. The van der Waals surface area contributed by atoms with E-state index in [4.69, 9.17) is 0 Å². The molecule has 0 radical (unpaired) electrons. The molecule has 0 aliphatic heterocycles. The van der Waals surface area contributed by atoms with Crippen LogP contribution in [-0.2, 0) is 11.3 Å². The first-order chi connectivity index (χ1) is 8.09. The largest absolute Gasteiger partial charge is 0.374 e. The van der Waals surface area contributed by atoms with Crippen molar-refractivity contribution in [2.45, 2.75) is 19.9 Å². The zero-order valence-electron chi connectivity index (χ0n) is 9.68. The average molecular weight is 247 g/mol. The van der Waals surface area contributed by atoms with E-state index in [-0.39, 0.29) is 12.4 Å². The average Bonchev–Trinajstić information content (AvgIpc) is 2.27. The summed E-state index contributed by atoms with van der Waals surface area (Å²) in [6, 6.07) is 4.87. The van der Waals surface area contributed by atoms with Crippen LogP contribution < -0.4 is 5.32 Å². The van der Waals surface area contributed by atoms with E-state index in [1.165, 1.54) is 6.07 Å². The van der Waals surface area contributed by atoms with Crippen LogP contribution in [0.4, 0.5) is 13.2 Å². The van der Waals surface area contributed by atoms with E-state index in [1.807, 2.05) is 6.92 Å². The van der Waals surface area contributed by atoms with Crippen LogP contribution in [0.5, 0.6) is 0 Å². The number of rotatable bonds is 7. The van der Waals surface area contributed by atoms with Gasteiger partial charge < -0.3 is 10.1 Å². The second-order valence-electron chi connectivity index (χ2n) is 3.74. The summed E-state index contributed by atoms with van der Waals surface area (Å²) in [5.41, 5.74) is 1.55. The lowest BCUT2D eigenvalue weighted by atomic mass is 10.1. The Morgan fingerprint density at radius 2 is 2.12 bits per heavy atom. The molecule has 1 aromatic carbocycles. The molecule has 1 rings (SSSR count). The Bertz CT molecular complexity index is 345. The van der Waals surface area contributed by atoms with Crippen molar-refractivity contribution in [2.75, 3.05) is 19.8 Å². The molecule has 0 aromatic heterocycles. The molecular weight excluding hydrogens is 231 g/mol. The zero-order valence-corrected chi connectivity index (χ0v) is 9.68. The van der Waals surface area contributed by atoms with Gasteiger partial charge in [0.05, 0.1) is 6.61 Å². The number of ether oxygens (including phenoxy) is 1. The molecule has 0 amide bonds. The van der Waals surface area contributed by atoms with Crippen LogP contribution in [0.3, 0.4) is 0 Å². The normalized spacial score (nSPS) is 11.1. The van der Waals surface area contributed by atoms with E-state index in [2.05, 4.69) is 10.1 Å². The minimum atomic E-state index is -2.44. The Morgan fingerprint density at radius 1 is 1.35 bits per heavy atom. The predicted molar refractivity (Wildman–Crippen MR) is 59.7 cm³/mol. The first-order valence-corrected chi connectivity index (χ1v) is 5.41. The smallest absolute Gasteiger partial charge is 0.261 e. The topological polar surface area (TPSA) is 21.3 Å². The molecule has 0 saturated heterocycles. The van der Waals surface area contributed by atoms with Crippen molar-refractivity contribution in [3.63, 3.8) is 0 Å². The molecule has 0 unspecified atom stereocenters. The Hall–Kier alpha value is -1.07. The third-order valence-electron chi connectivity index (χ3n) is 2.18. The monoisotopic (exact) mass is 247 g/mol. The van der Waals surface area contributed by atoms with Crippen LogP contribution in [0.15, 0.2) is 18.2 Å². The molecule has 0 aliphatic rings. The Kier molecular flexibility index (Phi) is 6.00. The molecule has 2 nitrogen and oxygen atoms in total. The van der Waals surface area contributed by atoms with Crippen LogP contribution >= 0.6 is 0 Å². The van der Waals surface area contributed by atoms with E-state index < -0.39 is 13.0 Å². The molecule has 1 N–H and O–H groups in total. The van der Waals surface area contributed by atoms with Crippen molar-refractivity contribution in [3.8, 4) is 0 Å². The zero-order chi connectivity index (χ0) is 12.7. The van der Waals surface area contributed by atoms with Crippen LogP contribution in [0, 0.1) is 12.7 Å². The maximum atomic E-state index is 13.3. The van der Waals surface area contributed by atoms with E-state index in [0.717, 1.165) is 5.56 Å². The molecule has 1 aromatic rings. The quantitative estimate of drug-likeness (QED) is 0.747. The lowest BCUT2D eigenvalue weighted by Gasteiger charge is -2.07. The lowest BCUT2D eigenvalue weighted by molar-refractivity contribution is 0.0187. The van der Waals surface area contributed by atoms with Gasteiger partial charge in [0.2, 0.25) is 0 Å². The van der Waals surface area contributed by atoms with Gasteiger partial charge in [-0.15, -0.1) is 0 Å². The van der Waals surface area contributed by atoms with Gasteiger partial charge in [-0.05, 0) is 13.0 Å². The van der Waals surface area contributed by atoms with E-state index in [0.29, 0.717) is 18.7 Å². The van der Waals surface area contributed by atoms with Crippen molar-refractivity contribution in [1.82, 2.24) is 5.32 Å². The number of hydrogen-bond acceptors (Lipinski definition) is 2. The summed E-state index contributed by atoms with van der Waals surface area (Å²) in [7, 11) is 0. The van der Waals surface area contributed by atoms with Gasteiger partial charge >= 0.3 is 0 Å². The summed E-state index contributed by atoms with van der Waals surface area (Å²) >= 11 is 0. The fraction of sp³-hybridized carbons (Fsp3) is 0.500. The number of hydrogen-bond donors (Lipinski definition) is 1. The SMILES string of the molecule is Cc1ccc(F)c(CNCCOCC(F)F)c1. The first kappa shape index (κ1) is 14.0. The van der Waals surface area contributed by atoms with Gasteiger partial charge in [-0.2, -0.15) is 0 Å². The molecule has 17 heavy (non-hydrogen) atoms. The highest BCUT2D eigenvalue weighted by Crippen LogP contribution is 2.09. The van der Waals surface area contributed by atoms with E-state index in [9.17, 15) is 13.2 Å². The summed E-state index contributed by atoms with van der Waals surface area (Å²) in [4.78, 5) is 0. The van der Waals surface area contributed by atoms with Crippen molar-refractivity contribution in [1.29, 1.82) is 0 Å². The predicted octanol–water partition coefficient (Wildman–Crippen LogP) is 2.51. The number of alkyl halides is 2. The highest BCUT2D eigenvalue weighted by molar-refractivity contribution is 5.23. The van der Waals surface area contributed by atoms with Gasteiger partial charge in [-0.3, -0.25) is 0 Å². The van der Waals surface area contributed by atoms with Gasteiger partial charge in [-0.1, -0.05) is 17.7 Å². The molecule has 96 valence electrons. The van der Waals surface area contributed by atoms with Crippen molar-refractivity contribution < 1.29 is 17.9 Å². The van der Waals surface area contributed by atoms with Gasteiger partial charge in [-0.25, -0.2) is 13.2 Å².